The molecule has 0 bridgehead atoms. The predicted octanol–water partition coefficient (Wildman–Crippen LogP) is 4.81. The smallest absolute Gasteiger partial charge is 0.251 e. The fourth-order valence-corrected chi connectivity index (χ4v) is 5.08. The maximum Gasteiger partial charge on any atom is 0.251 e. The van der Waals surface area contributed by atoms with E-state index in [1.807, 2.05) is 17.0 Å². The highest BCUT2D eigenvalue weighted by molar-refractivity contribution is 6.36. The van der Waals surface area contributed by atoms with Crippen molar-refractivity contribution in [3.63, 3.8) is 0 Å². The second-order valence-corrected chi connectivity index (χ2v) is 10.1. The molecule has 0 saturated carbocycles. The molecule has 3 N–H and O–H groups in total. The summed E-state index contributed by atoms with van der Waals surface area (Å²) in [5, 5.41) is 3.12. The molecule has 2 amide bonds. The number of carbonyl (C=O) groups excluding carboxylic acids is 2. The van der Waals surface area contributed by atoms with Crippen molar-refractivity contribution in [1.82, 2.24) is 20.1 Å². The Balaban J connectivity index is 1.36. The lowest BCUT2D eigenvalue weighted by Crippen LogP contribution is -2.49. The van der Waals surface area contributed by atoms with Gasteiger partial charge in [-0.25, -0.2) is 9.37 Å². The van der Waals surface area contributed by atoms with Crippen molar-refractivity contribution in [2.75, 3.05) is 45.0 Å². The fourth-order valence-electron chi connectivity index (χ4n) is 4.40. The summed E-state index contributed by atoms with van der Waals surface area (Å²) in [5.41, 5.74) is 8.41. The topological polar surface area (TPSA) is 101 Å². The number of nitrogens with one attached hydrogen (secondary N) is 1. The highest BCUT2D eigenvalue weighted by Crippen LogP contribution is 2.37. The van der Waals surface area contributed by atoms with Gasteiger partial charge >= 0.3 is 0 Å². The number of rotatable bonds is 8. The van der Waals surface area contributed by atoms with Crippen LogP contribution >= 0.6 is 23.2 Å². The van der Waals surface area contributed by atoms with Crippen LogP contribution in [0.3, 0.4) is 0 Å². The Morgan fingerprint density at radius 1 is 1.10 bits per heavy atom. The van der Waals surface area contributed by atoms with E-state index in [2.05, 4.69) is 15.2 Å². The first-order chi connectivity index (χ1) is 18.6. The number of pyridine rings is 1. The number of ether oxygens (including phenoxy) is 1. The molecular weight excluding hydrogens is 544 g/mol. The molecule has 0 aliphatic carbocycles. The lowest BCUT2D eigenvalue weighted by Gasteiger charge is -2.34. The van der Waals surface area contributed by atoms with Crippen LogP contribution in [0.1, 0.15) is 35.9 Å². The van der Waals surface area contributed by atoms with Gasteiger partial charge in [-0.2, -0.15) is 0 Å². The van der Waals surface area contributed by atoms with Crippen LogP contribution in [0, 0.1) is 5.82 Å². The Kier molecular flexibility index (Phi) is 9.27. The number of aromatic nitrogens is 1. The molecule has 11 heteroatoms. The molecule has 3 aromatic rings. The first-order valence-electron chi connectivity index (χ1n) is 12.6. The van der Waals surface area contributed by atoms with Crippen molar-refractivity contribution in [2.45, 2.75) is 20.0 Å². The summed E-state index contributed by atoms with van der Waals surface area (Å²) in [4.78, 5) is 32.4. The van der Waals surface area contributed by atoms with Crippen LogP contribution in [0.2, 0.25) is 10.0 Å². The van der Waals surface area contributed by atoms with E-state index >= 15 is 0 Å². The van der Waals surface area contributed by atoms with E-state index in [9.17, 15) is 14.0 Å². The molecule has 2 heterocycles. The summed E-state index contributed by atoms with van der Waals surface area (Å²) >= 11 is 12.4. The molecule has 1 saturated heterocycles. The van der Waals surface area contributed by atoms with Gasteiger partial charge in [0.1, 0.15) is 11.9 Å². The standard InChI is InChI=1S/C28H30Cl2FN5O3/c1-17(25-22(29)7-8-23(31)26(25)30)39-24-15-21(16-34-27(24)32)19-3-5-20(6-4-19)28(38)33-9-10-35-11-13-36(14-12-35)18(2)37/h3-8,15-17H,9-14H2,1-2H3,(H2,32,34)(H,33,38). The van der Waals surface area contributed by atoms with E-state index in [1.54, 1.807) is 38.2 Å². The fraction of sp³-hybridized carbons (Fsp3) is 0.321. The van der Waals surface area contributed by atoms with Crippen molar-refractivity contribution in [2.24, 2.45) is 0 Å². The van der Waals surface area contributed by atoms with E-state index in [0.29, 0.717) is 36.5 Å². The van der Waals surface area contributed by atoms with Crippen LogP contribution in [-0.4, -0.2) is 65.9 Å². The second-order valence-electron chi connectivity index (χ2n) is 9.31. The van der Waals surface area contributed by atoms with Gasteiger partial charge in [-0.15, -0.1) is 0 Å². The van der Waals surface area contributed by atoms with Crippen LogP contribution in [0.4, 0.5) is 10.2 Å². The maximum absolute atomic E-state index is 14.0. The highest BCUT2D eigenvalue weighted by atomic mass is 35.5. The Morgan fingerprint density at radius 2 is 1.79 bits per heavy atom. The van der Waals surface area contributed by atoms with E-state index in [4.69, 9.17) is 33.7 Å². The van der Waals surface area contributed by atoms with E-state index in [1.165, 1.54) is 12.1 Å². The van der Waals surface area contributed by atoms with E-state index in [0.717, 1.165) is 30.8 Å². The van der Waals surface area contributed by atoms with Crippen molar-refractivity contribution in [3.8, 4) is 16.9 Å². The Hall–Kier alpha value is -3.40. The number of halogens is 3. The summed E-state index contributed by atoms with van der Waals surface area (Å²) in [7, 11) is 0. The van der Waals surface area contributed by atoms with Gasteiger partial charge in [-0.1, -0.05) is 35.3 Å². The number of hydrogen-bond donors (Lipinski definition) is 2. The van der Waals surface area contributed by atoms with Crippen LogP contribution in [0.25, 0.3) is 11.1 Å². The number of anilines is 1. The number of nitrogens with zero attached hydrogens (tertiary/aromatic N) is 3. The van der Waals surface area contributed by atoms with Gasteiger partial charge < -0.3 is 20.7 Å². The number of piperazine rings is 1. The lowest BCUT2D eigenvalue weighted by molar-refractivity contribution is -0.130. The monoisotopic (exact) mass is 573 g/mol. The third-order valence-corrected chi connectivity index (χ3v) is 7.40. The zero-order chi connectivity index (χ0) is 28.1. The second kappa shape index (κ2) is 12.6. The summed E-state index contributed by atoms with van der Waals surface area (Å²) in [6.45, 7) is 7.53. The summed E-state index contributed by atoms with van der Waals surface area (Å²) in [5.74, 6) is -0.211. The van der Waals surface area contributed by atoms with Gasteiger partial charge in [0.2, 0.25) is 5.91 Å². The van der Waals surface area contributed by atoms with Crippen LogP contribution in [0.15, 0.2) is 48.7 Å². The number of hydrogen-bond acceptors (Lipinski definition) is 6. The molecular formula is C28H30Cl2FN5O3. The molecule has 206 valence electrons. The van der Waals surface area contributed by atoms with E-state index < -0.39 is 11.9 Å². The number of amides is 2. The minimum atomic E-state index is -0.691. The average Bonchev–Trinajstić information content (AvgIpc) is 2.92. The van der Waals surface area contributed by atoms with Gasteiger partial charge in [0.05, 0.1) is 5.02 Å². The molecule has 1 unspecified atom stereocenters. The number of nitrogens with two attached hydrogens (primary N) is 1. The molecule has 2 aromatic carbocycles. The van der Waals surface area contributed by atoms with Crippen LogP contribution in [0.5, 0.6) is 5.75 Å². The minimum Gasteiger partial charge on any atom is -0.482 e. The molecule has 8 nitrogen and oxygen atoms in total. The number of carbonyl (C=O) groups is 2. The van der Waals surface area contributed by atoms with Crippen molar-refractivity contribution in [3.05, 3.63) is 75.7 Å². The summed E-state index contributed by atoms with van der Waals surface area (Å²) in [6.07, 6.45) is 0.916. The van der Waals surface area contributed by atoms with Gasteiger partial charge in [0, 0.05) is 74.1 Å². The quantitative estimate of drug-likeness (QED) is 0.375. The van der Waals surface area contributed by atoms with Crippen molar-refractivity contribution in [1.29, 1.82) is 0 Å². The van der Waals surface area contributed by atoms with Gasteiger partial charge in [-0.3, -0.25) is 14.5 Å². The number of nitrogen functional groups attached to an aromatic ring is 1. The Labute approximate surface area is 236 Å². The molecule has 1 aliphatic rings. The van der Waals surface area contributed by atoms with Crippen LogP contribution < -0.4 is 15.8 Å². The molecule has 1 atom stereocenters. The Morgan fingerprint density at radius 3 is 2.46 bits per heavy atom. The maximum atomic E-state index is 14.0. The first-order valence-corrected chi connectivity index (χ1v) is 13.3. The molecule has 0 spiro atoms. The minimum absolute atomic E-state index is 0.0955. The predicted molar refractivity (Wildman–Crippen MR) is 151 cm³/mol. The molecule has 1 aliphatic heterocycles. The highest BCUT2D eigenvalue weighted by Gasteiger charge is 2.21. The van der Waals surface area contributed by atoms with Gasteiger partial charge in [-0.05, 0) is 42.8 Å². The van der Waals surface area contributed by atoms with Crippen LogP contribution in [-0.2, 0) is 4.79 Å². The molecule has 4 rings (SSSR count). The van der Waals surface area contributed by atoms with Crippen molar-refractivity contribution >= 4 is 40.8 Å². The largest absolute Gasteiger partial charge is 0.482 e. The summed E-state index contributed by atoms with van der Waals surface area (Å²) in [6, 6.07) is 11.4. The first kappa shape index (κ1) is 28.6. The zero-order valence-electron chi connectivity index (χ0n) is 21.7. The zero-order valence-corrected chi connectivity index (χ0v) is 23.2. The third kappa shape index (κ3) is 6.98. The SMILES string of the molecule is CC(=O)N1CCN(CCNC(=O)c2ccc(-c3cnc(N)c(OC(C)c4c(Cl)ccc(F)c4Cl)c3)cc2)CC1. The average molecular weight is 574 g/mol. The normalized spacial score (nSPS) is 14.6. The molecule has 1 aromatic heterocycles. The lowest BCUT2D eigenvalue weighted by atomic mass is 10.0. The Bertz CT molecular complexity index is 1350. The molecule has 0 radical (unpaired) electrons. The number of benzene rings is 2. The van der Waals surface area contributed by atoms with Crippen molar-refractivity contribution < 1.29 is 18.7 Å². The van der Waals surface area contributed by atoms with Gasteiger partial charge in [0.25, 0.3) is 5.91 Å². The summed E-state index contributed by atoms with van der Waals surface area (Å²) < 4.78 is 20.0. The third-order valence-electron chi connectivity index (χ3n) is 6.68. The molecule has 1 fully saturated rings. The van der Waals surface area contributed by atoms with E-state index in [-0.39, 0.29) is 27.7 Å². The van der Waals surface area contributed by atoms with Gasteiger partial charge in [0.15, 0.2) is 11.6 Å². The molecule has 39 heavy (non-hydrogen) atoms.